The predicted octanol–water partition coefficient (Wildman–Crippen LogP) is 4.17. The number of nitrogens with one attached hydrogen (secondary N) is 1. The molecule has 1 aromatic rings. The van der Waals surface area contributed by atoms with Crippen LogP contribution in [0.5, 0.6) is 0 Å². The largest absolute Gasteiger partial charge is 0.303 e. The maximum absolute atomic E-state index is 4.93. The number of aryl methyl sites for hydroxylation is 2. The second kappa shape index (κ2) is 5.70. The second-order valence-corrected chi connectivity index (χ2v) is 6.68. The van der Waals surface area contributed by atoms with E-state index in [2.05, 4.69) is 33.0 Å². The van der Waals surface area contributed by atoms with Crippen molar-refractivity contribution >= 4 is 11.3 Å². The molecule has 1 fully saturated rings. The van der Waals surface area contributed by atoms with E-state index in [1.165, 1.54) is 41.3 Å². The molecule has 1 N–H and O–H groups in total. The van der Waals surface area contributed by atoms with Crippen LogP contribution in [-0.4, -0.2) is 11.0 Å². The van der Waals surface area contributed by atoms with Gasteiger partial charge in [0, 0.05) is 10.9 Å². The van der Waals surface area contributed by atoms with Crippen molar-refractivity contribution in [1.29, 1.82) is 0 Å². The van der Waals surface area contributed by atoms with E-state index in [0.717, 1.165) is 18.9 Å². The van der Waals surface area contributed by atoms with Crippen LogP contribution in [0.15, 0.2) is 0 Å². The third-order valence-electron chi connectivity index (χ3n) is 3.98. The standard InChI is InChI=1S/C15H26N2S/c1-5-10-15(7-3,17-12-8-9-12)14-16-13(6-2)11(4)18-14/h12,17H,5-10H2,1-4H3. The lowest BCUT2D eigenvalue weighted by molar-refractivity contribution is 0.288. The van der Waals surface area contributed by atoms with E-state index in [-0.39, 0.29) is 5.54 Å². The molecular formula is C15H26N2S. The molecule has 0 spiro atoms. The van der Waals surface area contributed by atoms with Gasteiger partial charge in [0.15, 0.2) is 0 Å². The van der Waals surface area contributed by atoms with E-state index in [0.29, 0.717) is 0 Å². The zero-order chi connectivity index (χ0) is 13.2. The zero-order valence-electron chi connectivity index (χ0n) is 12.2. The molecule has 1 aliphatic rings. The molecule has 1 heterocycles. The van der Waals surface area contributed by atoms with Crippen LogP contribution in [0, 0.1) is 6.92 Å². The molecule has 102 valence electrons. The Kier molecular flexibility index (Phi) is 4.44. The minimum absolute atomic E-state index is 0.138. The van der Waals surface area contributed by atoms with Crippen molar-refractivity contribution in [3.8, 4) is 0 Å². The summed E-state index contributed by atoms with van der Waals surface area (Å²) in [7, 11) is 0. The average Bonchev–Trinajstić information content (AvgIpc) is 3.09. The number of aromatic nitrogens is 1. The van der Waals surface area contributed by atoms with Gasteiger partial charge in [-0.2, -0.15) is 0 Å². The van der Waals surface area contributed by atoms with Gasteiger partial charge >= 0.3 is 0 Å². The molecule has 1 unspecified atom stereocenters. The van der Waals surface area contributed by atoms with Crippen molar-refractivity contribution in [2.45, 2.75) is 77.8 Å². The van der Waals surface area contributed by atoms with Gasteiger partial charge in [-0.1, -0.05) is 27.2 Å². The molecule has 0 aliphatic heterocycles. The summed E-state index contributed by atoms with van der Waals surface area (Å²) in [4.78, 5) is 6.33. The lowest BCUT2D eigenvalue weighted by Gasteiger charge is -2.32. The highest BCUT2D eigenvalue weighted by molar-refractivity contribution is 7.11. The smallest absolute Gasteiger partial charge is 0.113 e. The first-order valence-electron chi connectivity index (χ1n) is 7.39. The van der Waals surface area contributed by atoms with Crippen LogP contribution in [0.1, 0.15) is 68.5 Å². The van der Waals surface area contributed by atoms with Crippen LogP contribution in [-0.2, 0) is 12.0 Å². The van der Waals surface area contributed by atoms with Gasteiger partial charge in [-0.15, -0.1) is 11.3 Å². The third kappa shape index (κ3) is 2.77. The summed E-state index contributed by atoms with van der Waals surface area (Å²) in [5.41, 5.74) is 1.43. The molecule has 0 saturated heterocycles. The Morgan fingerprint density at radius 2 is 2.06 bits per heavy atom. The summed E-state index contributed by atoms with van der Waals surface area (Å²) in [5, 5.41) is 5.21. The molecular weight excluding hydrogens is 240 g/mol. The van der Waals surface area contributed by atoms with E-state index in [4.69, 9.17) is 4.98 Å². The van der Waals surface area contributed by atoms with Crippen LogP contribution >= 0.6 is 11.3 Å². The lowest BCUT2D eigenvalue weighted by atomic mass is 9.91. The summed E-state index contributed by atoms with van der Waals surface area (Å²) >= 11 is 1.91. The highest BCUT2D eigenvalue weighted by Gasteiger charge is 2.38. The zero-order valence-corrected chi connectivity index (χ0v) is 13.0. The SMILES string of the molecule is CCCC(CC)(NC1CC1)c1nc(CC)c(C)s1. The van der Waals surface area contributed by atoms with E-state index in [1.54, 1.807) is 0 Å². The molecule has 1 aromatic heterocycles. The molecule has 18 heavy (non-hydrogen) atoms. The molecule has 0 bridgehead atoms. The van der Waals surface area contributed by atoms with Gasteiger partial charge in [0.25, 0.3) is 0 Å². The number of nitrogens with zero attached hydrogens (tertiary/aromatic N) is 1. The van der Waals surface area contributed by atoms with Crippen LogP contribution in [0.25, 0.3) is 0 Å². The average molecular weight is 266 g/mol. The van der Waals surface area contributed by atoms with Gasteiger partial charge < -0.3 is 5.32 Å². The fourth-order valence-electron chi connectivity index (χ4n) is 2.68. The number of hydrogen-bond donors (Lipinski definition) is 1. The summed E-state index contributed by atoms with van der Waals surface area (Å²) in [6.45, 7) is 8.99. The van der Waals surface area contributed by atoms with Crippen LogP contribution in [0.3, 0.4) is 0 Å². The van der Waals surface area contributed by atoms with Crippen molar-refractivity contribution in [1.82, 2.24) is 10.3 Å². The molecule has 2 nitrogen and oxygen atoms in total. The topological polar surface area (TPSA) is 24.9 Å². The van der Waals surface area contributed by atoms with Crippen LogP contribution in [0.2, 0.25) is 0 Å². The number of thiazole rings is 1. The lowest BCUT2D eigenvalue weighted by Crippen LogP contribution is -2.43. The Morgan fingerprint density at radius 1 is 1.33 bits per heavy atom. The fraction of sp³-hybridized carbons (Fsp3) is 0.800. The Labute approximate surface area is 115 Å². The summed E-state index contributed by atoms with van der Waals surface area (Å²) in [6.07, 6.45) is 7.31. The summed E-state index contributed by atoms with van der Waals surface area (Å²) in [6, 6.07) is 0.741. The molecule has 1 aliphatic carbocycles. The minimum Gasteiger partial charge on any atom is -0.303 e. The van der Waals surface area contributed by atoms with Gasteiger partial charge in [0.2, 0.25) is 0 Å². The van der Waals surface area contributed by atoms with Crippen LogP contribution < -0.4 is 5.32 Å². The first-order valence-corrected chi connectivity index (χ1v) is 8.21. The van der Waals surface area contributed by atoms with Gasteiger partial charge in [0.1, 0.15) is 5.01 Å². The van der Waals surface area contributed by atoms with Crippen molar-refractivity contribution in [3.05, 3.63) is 15.6 Å². The Hall–Kier alpha value is -0.410. The van der Waals surface area contributed by atoms with Crippen molar-refractivity contribution in [2.24, 2.45) is 0 Å². The predicted molar refractivity (Wildman–Crippen MR) is 79.3 cm³/mol. The normalized spacial score (nSPS) is 18.9. The van der Waals surface area contributed by atoms with E-state index in [9.17, 15) is 0 Å². The first-order chi connectivity index (χ1) is 8.65. The molecule has 2 rings (SSSR count). The summed E-state index contributed by atoms with van der Waals surface area (Å²) < 4.78 is 0. The highest BCUT2D eigenvalue weighted by atomic mass is 32.1. The molecule has 0 amide bonds. The maximum Gasteiger partial charge on any atom is 0.113 e. The van der Waals surface area contributed by atoms with E-state index >= 15 is 0 Å². The Morgan fingerprint density at radius 3 is 2.50 bits per heavy atom. The van der Waals surface area contributed by atoms with E-state index in [1.807, 2.05) is 11.3 Å². The second-order valence-electron chi connectivity index (χ2n) is 5.48. The van der Waals surface area contributed by atoms with Gasteiger partial charge in [-0.05, 0) is 39.0 Å². The summed E-state index contributed by atoms with van der Waals surface area (Å²) in [5.74, 6) is 0. The molecule has 1 saturated carbocycles. The first kappa shape index (κ1) is 14.0. The molecule has 0 radical (unpaired) electrons. The van der Waals surface area contributed by atoms with Gasteiger partial charge in [0.05, 0.1) is 11.2 Å². The van der Waals surface area contributed by atoms with Crippen molar-refractivity contribution in [3.63, 3.8) is 0 Å². The number of hydrogen-bond acceptors (Lipinski definition) is 3. The monoisotopic (exact) mass is 266 g/mol. The van der Waals surface area contributed by atoms with Crippen molar-refractivity contribution in [2.75, 3.05) is 0 Å². The maximum atomic E-state index is 4.93. The molecule has 1 atom stereocenters. The highest BCUT2D eigenvalue weighted by Crippen LogP contribution is 2.37. The minimum atomic E-state index is 0.138. The van der Waals surface area contributed by atoms with Gasteiger partial charge in [-0.3, -0.25) is 0 Å². The fourth-order valence-corrected chi connectivity index (χ4v) is 3.93. The molecule has 0 aromatic carbocycles. The van der Waals surface area contributed by atoms with Crippen molar-refractivity contribution < 1.29 is 0 Å². The van der Waals surface area contributed by atoms with Crippen LogP contribution in [0.4, 0.5) is 0 Å². The quantitative estimate of drug-likeness (QED) is 0.801. The van der Waals surface area contributed by atoms with Gasteiger partial charge in [-0.25, -0.2) is 4.98 Å². The third-order valence-corrected chi connectivity index (χ3v) is 5.19. The Balaban J connectivity index is 2.29. The number of rotatable bonds is 7. The van der Waals surface area contributed by atoms with E-state index < -0.39 is 0 Å². The molecule has 3 heteroatoms. The Bertz CT molecular complexity index is 395.